The Hall–Kier alpha value is -1.23. The fourth-order valence-corrected chi connectivity index (χ4v) is 3.11. The van der Waals surface area contributed by atoms with E-state index in [1.165, 1.54) is 16.3 Å². The maximum atomic E-state index is 11.8. The number of hydrogen-bond donors (Lipinski definition) is 2. The van der Waals surface area contributed by atoms with Crippen molar-refractivity contribution in [2.75, 3.05) is 12.3 Å². The molecule has 2 atom stereocenters. The highest BCUT2D eigenvalue weighted by molar-refractivity contribution is 7.98. The van der Waals surface area contributed by atoms with Gasteiger partial charge in [0.15, 0.2) is 0 Å². The number of rotatable bonds is 7. The number of fused-ring (bicyclic) bond motifs is 1. The van der Waals surface area contributed by atoms with Crippen molar-refractivity contribution >= 4 is 40.8 Å². The summed E-state index contributed by atoms with van der Waals surface area (Å²) in [6.07, 6.45) is 0. The van der Waals surface area contributed by atoms with Crippen molar-refractivity contribution in [1.29, 1.82) is 0 Å². The molecule has 0 aromatic heterocycles. The molecule has 0 heterocycles. The maximum Gasteiger partial charge on any atom is 0.224 e. The highest BCUT2D eigenvalue weighted by atomic mass is 35.5. The molecule has 0 bridgehead atoms. The zero-order chi connectivity index (χ0) is 15.9. The molecule has 23 heavy (non-hydrogen) atoms. The smallest absolute Gasteiger partial charge is 0.224 e. The summed E-state index contributed by atoms with van der Waals surface area (Å²) in [7, 11) is 0. The molecule has 2 rings (SSSR count). The van der Waals surface area contributed by atoms with Crippen molar-refractivity contribution in [2.24, 2.45) is 11.7 Å². The van der Waals surface area contributed by atoms with Crippen LogP contribution in [0, 0.1) is 5.92 Å². The molecule has 1 amide bonds. The van der Waals surface area contributed by atoms with Crippen LogP contribution in [-0.2, 0) is 10.5 Å². The number of benzene rings is 2. The standard InChI is InChI=1S/C18H24N2OS.ClH/c1-13(14(2)19)18(21)20-10-11-22-12-16-8-5-7-15-6-3-4-9-17(15)16;/h3-9,13-14H,10-12,19H2,1-2H3,(H,20,21);1H. The minimum Gasteiger partial charge on any atom is -0.355 e. The van der Waals surface area contributed by atoms with Gasteiger partial charge in [-0.15, -0.1) is 12.4 Å². The van der Waals surface area contributed by atoms with Crippen LogP contribution in [0.3, 0.4) is 0 Å². The van der Waals surface area contributed by atoms with Gasteiger partial charge in [0.25, 0.3) is 0 Å². The largest absolute Gasteiger partial charge is 0.355 e. The van der Waals surface area contributed by atoms with E-state index in [0.717, 1.165) is 11.5 Å². The van der Waals surface area contributed by atoms with E-state index < -0.39 is 0 Å². The van der Waals surface area contributed by atoms with E-state index in [1.807, 2.05) is 25.6 Å². The van der Waals surface area contributed by atoms with Crippen molar-refractivity contribution in [2.45, 2.75) is 25.6 Å². The van der Waals surface area contributed by atoms with Crippen LogP contribution in [0.1, 0.15) is 19.4 Å². The van der Waals surface area contributed by atoms with Crippen LogP contribution >= 0.6 is 24.2 Å². The third kappa shape index (κ3) is 5.72. The Morgan fingerprint density at radius 3 is 2.61 bits per heavy atom. The molecular weight excluding hydrogens is 328 g/mol. The molecule has 0 aliphatic rings. The summed E-state index contributed by atoms with van der Waals surface area (Å²) in [5, 5.41) is 5.54. The molecule has 0 aliphatic heterocycles. The van der Waals surface area contributed by atoms with Gasteiger partial charge in [0.1, 0.15) is 0 Å². The van der Waals surface area contributed by atoms with E-state index in [-0.39, 0.29) is 30.3 Å². The summed E-state index contributed by atoms with van der Waals surface area (Å²) in [5.74, 6) is 1.77. The fraction of sp³-hybridized carbons (Fsp3) is 0.389. The van der Waals surface area contributed by atoms with Gasteiger partial charge in [0, 0.05) is 30.0 Å². The van der Waals surface area contributed by atoms with Gasteiger partial charge in [-0.25, -0.2) is 0 Å². The molecule has 0 spiro atoms. The van der Waals surface area contributed by atoms with E-state index in [0.29, 0.717) is 6.54 Å². The van der Waals surface area contributed by atoms with Crippen LogP contribution in [-0.4, -0.2) is 24.2 Å². The molecule has 0 radical (unpaired) electrons. The maximum absolute atomic E-state index is 11.8. The van der Waals surface area contributed by atoms with Gasteiger partial charge in [-0.05, 0) is 23.3 Å². The molecule has 0 saturated heterocycles. The zero-order valence-electron chi connectivity index (χ0n) is 13.6. The Morgan fingerprint density at radius 2 is 1.87 bits per heavy atom. The Labute approximate surface area is 148 Å². The topological polar surface area (TPSA) is 55.1 Å². The lowest BCUT2D eigenvalue weighted by Crippen LogP contribution is -2.39. The highest BCUT2D eigenvalue weighted by Crippen LogP contribution is 2.22. The molecule has 2 aromatic rings. The lowest BCUT2D eigenvalue weighted by atomic mass is 10.0. The second-order valence-electron chi connectivity index (χ2n) is 5.63. The Balaban J connectivity index is 0.00000264. The third-order valence-electron chi connectivity index (χ3n) is 3.89. The van der Waals surface area contributed by atoms with Crippen molar-refractivity contribution in [3.63, 3.8) is 0 Å². The number of thioether (sulfide) groups is 1. The van der Waals surface area contributed by atoms with E-state index in [4.69, 9.17) is 5.73 Å². The van der Waals surface area contributed by atoms with E-state index >= 15 is 0 Å². The van der Waals surface area contributed by atoms with Gasteiger partial charge in [-0.3, -0.25) is 4.79 Å². The molecule has 2 aromatic carbocycles. The molecule has 5 heteroatoms. The van der Waals surface area contributed by atoms with Gasteiger partial charge >= 0.3 is 0 Å². The first-order valence-corrected chi connectivity index (χ1v) is 8.82. The molecule has 0 aliphatic carbocycles. The van der Waals surface area contributed by atoms with Gasteiger partial charge in [0.05, 0.1) is 0 Å². The molecule has 3 nitrogen and oxygen atoms in total. The van der Waals surface area contributed by atoms with Crippen LogP contribution in [0.5, 0.6) is 0 Å². The number of carbonyl (C=O) groups is 1. The third-order valence-corrected chi connectivity index (χ3v) is 4.89. The highest BCUT2D eigenvalue weighted by Gasteiger charge is 2.15. The van der Waals surface area contributed by atoms with Crippen molar-refractivity contribution in [3.05, 3.63) is 48.0 Å². The second-order valence-corrected chi connectivity index (χ2v) is 6.73. The summed E-state index contributed by atoms with van der Waals surface area (Å²) in [5.41, 5.74) is 7.08. The van der Waals surface area contributed by atoms with Gasteiger partial charge in [0.2, 0.25) is 5.91 Å². The monoisotopic (exact) mass is 352 g/mol. The average Bonchev–Trinajstić information content (AvgIpc) is 2.53. The number of nitrogens with two attached hydrogens (primary N) is 1. The number of amides is 1. The molecule has 0 fully saturated rings. The number of carbonyl (C=O) groups excluding carboxylic acids is 1. The predicted octanol–water partition coefficient (Wildman–Crippen LogP) is 3.59. The normalized spacial score (nSPS) is 13.2. The fourth-order valence-electron chi connectivity index (χ4n) is 2.25. The molecular formula is C18H25ClN2OS. The molecule has 2 unspecified atom stereocenters. The predicted molar refractivity (Wildman–Crippen MR) is 103 cm³/mol. The van der Waals surface area contributed by atoms with Gasteiger partial charge in [-0.1, -0.05) is 49.4 Å². The minimum atomic E-state index is -0.136. The number of hydrogen-bond acceptors (Lipinski definition) is 3. The van der Waals surface area contributed by atoms with E-state index in [2.05, 4.69) is 47.8 Å². The molecule has 126 valence electrons. The van der Waals surface area contributed by atoms with Gasteiger partial charge < -0.3 is 11.1 Å². The van der Waals surface area contributed by atoms with Crippen LogP contribution < -0.4 is 11.1 Å². The van der Waals surface area contributed by atoms with E-state index in [9.17, 15) is 4.79 Å². The lowest BCUT2D eigenvalue weighted by Gasteiger charge is -2.15. The molecule has 3 N–H and O–H groups in total. The number of nitrogens with one attached hydrogen (secondary N) is 1. The first kappa shape index (κ1) is 19.8. The van der Waals surface area contributed by atoms with Crippen LogP contribution in [0.2, 0.25) is 0 Å². The van der Waals surface area contributed by atoms with Crippen molar-refractivity contribution in [1.82, 2.24) is 5.32 Å². The minimum absolute atomic E-state index is 0. The number of halogens is 1. The summed E-state index contributed by atoms with van der Waals surface area (Å²) in [4.78, 5) is 11.8. The van der Waals surface area contributed by atoms with E-state index in [1.54, 1.807) is 0 Å². The summed E-state index contributed by atoms with van der Waals surface area (Å²) >= 11 is 1.84. The first-order valence-electron chi connectivity index (χ1n) is 7.67. The second kappa shape index (κ2) is 9.81. The van der Waals surface area contributed by atoms with Crippen molar-refractivity contribution in [3.8, 4) is 0 Å². The van der Waals surface area contributed by atoms with Gasteiger partial charge in [-0.2, -0.15) is 11.8 Å². The Kier molecular flexibility index (Phi) is 8.45. The average molecular weight is 353 g/mol. The van der Waals surface area contributed by atoms with Crippen LogP contribution in [0.15, 0.2) is 42.5 Å². The summed E-state index contributed by atoms with van der Waals surface area (Å²) < 4.78 is 0. The quantitative estimate of drug-likeness (QED) is 0.748. The Morgan fingerprint density at radius 1 is 1.17 bits per heavy atom. The SMILES string of the molecule is CC(N)C(C)C(=O)NCCSCc1cccc2ccccc12.Cl. The van der Waals surface area contributed by atoms with Crippen molar-refractivity contribution < 1.29 is 4.79 Å². The summed E-state index contributed by atoms with van der Waals surface area (Å²) in [6.45, 7) is 4.41. The summed E-state index contributed by atoms with van der Waals surface area (Å²) in [6, 6.07) is 14.7. The first-order chi connectivity index (χ1) is 10.6. The zero-order valence-corrected chi connectivity index (χ0v) is 15.3. The Bertz CT molecular complexity index is 628. The van der Waals surface area contributed by atoms with Crippen LogP contribution in [0.4, 0.5) is 0 Å². The molecule has 0 saturated carbocycles. The van der Waals surface area contributed by atoms with Crippen LogP contribution in [0.25, 0.3) is 10.8 Å². The lowest BCUT2D eigenvalue weighted by molar-refractivity contribution is -0.124.